The lowest BCUT2D eigenvalue weighted by Crippen LogP contribution is -2.61. The number of piperidine rings is 1. The van der Waals surface area contributed by atoms with Gasteiger partial charge in [0.2, 0.25) is 5.79 Å². The molecule has 0 aromatic carbocycles. The number of methoxy groups -OCH3 is 3. The van der Waals surface area contributed by atoms with Crippen LogP contribution in [-0.2, 0) is 56.7 Å². The van der Waals surface area contributed by atoms with Crippen molar-refractivity contribution in [1.29, 1.82) is 0 Å². The zero-order valence-electron chi connectivity index (χ0n) is 43.4. The first-order valence-electron chi connectivity index (χ1n) is 25.2. The average Bonchev–Trinajstić information content (AvgIpc) is 3.30. The van der Waals surface area contributed by atoms with Crippen molar-refractivity contribution in [3.05, 3.63) is 47.6 Å². The van der Waals surface area contributed by atoms with Crippen LogP contribution in [0.5, 0.6) is 0 Å². The number of allylic oxidation sites excluding steroid dienone is 6. The lowest BCUT2D eigenvalue weighted by atomic mass is 9.78. The Morgan fingerprint density at radius 1 is 0.855 bits per heavy atom. The lowest BCUT2D eigenvalue weighted by Gasteiger charge is -2.42. The van der Waals surface area contributed by atoms with Crippen molar-refractivity contribution >= 4 is 36.6 Å². The molecule has 2 N–H and O–H groups in total. The van der Waals surface area contributed by atoms with Gasteiger partial charge in [0, 0.05) is 71.8 Å². The van der Waals surface area contributed by atoms with Crippen molar-refractivity contribution in [2.24, 2.45) is 35.5 Å². The van der Waals surface area contributed by atoms with Gasteiger partial charge in [0.25, 0.3) is 11.7 Å². The maximum Gasteiger partial charge on any atom is 0.329 e. The van der Waals surface area contributed by atoms with Gasteiger partial charge in [0.15, 0.2) is 13.2 Å². The van der Waals surface area contributed by atoms with Gasteiger partial charge in [-0.1, -0.05) is 71.1 Å². The molecule has 1 aliphatic carbocycles. The molecule has 0 spiro atoms. The van der Waals surface area contributed by atoms with Gasteiger partial charge in [0.1, 0.15) is 30.1 Å². The molecule has 16 heteroatoms. The van der Waals surface area contributed by atoms with Gasteiger partial charge in [-0.25, -0.2) is 4.79 Å². The number of hydrogen-bond acceptors (Lipinski definition) is 14. The summed E-state index contributed by atoms with van der Waals surface area (Å²) in [6.45, 7) is 15.9. The number of hydrogen-bond donors (Lipinski definition) is 2. The normalized spacial score (nSPS) is 39.0. The van der Waals surface area contributed by atoms with E-state index in [4.69, 9.17) is 28.2 Å². The molecule has 0 aromatic rings. The van der Waals surface area contributed by atoms with Crippen LogP contribution in [0.1, 0.15) is 126 Å². The number of Topliss-reactive ketones (excluding diaryl/α,β-unsaturated/α-hetero) is 3. The van der Waals surface area contributed by atoms with E-state index >= 15 is 0 Å². The van der Waals surface area contributed by atoms with E-state index in [1.165, 1.54) is 12.0 Å². The molecule has 0 unspecified atom stereocenters. The molecule has 2 bridgehead atoms. The number of aliphatic hydroxyl groups excluding tert-OH is 1. The average molecular weight is 990 g/mol. The van der Waals surface area contributed by atoms with E-state index in [2.05, 4.69) is 0 Å². The first-order valence-corrected chi connectivity index (χ1v) is 27.7. The standard InChI is InChI=1S/C53H84NO14P/c1-32-18-14-13-15-19-33(2)44(63-8)30-40-23-21-38(7)53(61,67-40)50(58)51(59)54-25-17-16-20-41(54)52(60)66-45(35(4)28-39-22-24-43(46(29-39)64-9)68-69(11,12)62)31-42(55)34(3)27-37(6)48(57)49(65-10)47(56)36(5)26-32/h13-15,18-19,27,32,34-36,38-41,43-46,48-49,57,61H,16-17,20-26,28-31H2,1-12H3/b15-13+,18-14+,33-19+,37-27+/t32-,34-,35-,36-,38+,39+,40-,41-,43+,44-,45+,46-,48+,49-,53-/m1/s1. The molecule has 3 fully saturated rings. The number of amides is 1. The van der Waals surface area contributed by atoms with Crippen molar-refractivity contribution in [2.45, 2.75) is 180 Å². The van der Waals surface area contributed by atoms with Gasteiger partial charge in [-0.15, -0.1) is 0 Å². The van der Waals surface area contributed by atoms with Crippen LogP contribution in [-0.4, -0.2) is 140 Å². The van der Waals surface area contributed by atoms with E-state index in [9.17, 15) is 38.8 Å². The van der Waals surface area contributed by atoms with E-state index in [1.54, 1.807) is 54.4 Å². The molecule has 0 radical (unpaired) electrons. The largest absolute Gasteiger partial charge is 0.460 e. The fraction of sp³-hybridized carbons (Fsp3) is 0.755. The minimum atomic E-state index is -2.79. The molecular weight excluding hydrogens is 906 g/mol. The zero-order chi connectivity index (χ0) is 51.4. The molecule has 2 saturated heterocycles. The van der Waals surface area contributed by atoms with E-state index in [0.29, 0.717) is 63.4 Å². The molecule has 0 aromatic heterocycles. The highest BCUT2D eigenvalue weighted by molar-refractivity contribution is 7.57. The molecule has 4 aliphatic rings. The molecule has 1 saturated carbocycles. The van der Waals surface area contributed by atoms with Gasteiger partial charge in [-0.3, -0.25) is 23.7 Å². The second-order valence-electron chi connectivity index (χ2n) is 20.9. The molecule has 3 heterocycles. The van der Waals surface area contributed by atoms with Crippen molar-refractivity contribution in [1.82, 2.24) is 4.90 Å². The molecule has 69 heavy (non-hydrogen) atoms. The first-order chi connectivity index (χ1) is 32.4. The number of cyclic esters (lactones) is 1. The van der Waals surface area contributed by atoms with E-state index in [-0.39, 0.29) is 60.9 Å². The SMILES string of the molecule is CO[C@@H]1C(=O)[C@H](C)C[C@H](C)/C=C/C=C/C=C(\C)[C@H](OC)C[C@H]2CC[C@H](C)[C@@](O)(O2)C(=O)C(=O)N2CCCC[C@@H]2C(=O)O[C@H]([C@H](C)C[C@@H]2CC[C@H](OP(C)(C)=O)[C@H](OC)C2)CC(=O)[C@H](C)/C=C(\C)[C@@H]1O. The number of rotatable bonds is 8. The van der Waals surface area contributed by atoms with Gasteiger partial charge >= 0.3 is 5.97 Å². The van der Waals surface area contributed by atoms with Crippen molar-refractivity contribution in [2.75, 3.05) is 41.2 Å². The summed E-state index contributed by atoms with van der Waals surface area (Å²) >= 11 is 0. The monoisotopic (exact) mass is 990 g/mol. The zero-order valence-corrected chi connectivity index (χ0v) is 44.3. The first kappa shape index (κ1) is 58.4. The summed E-state index contributed by atoms with van der Waals surface area (Å²) in [5.41, 5.74) is 1.25. The lowest BCUT2D eigenvalue weighted by molar-refractivity contribution is -0.265. The second kappa shape index (κ2) is 26.5. The van der Waals surface area contributed by atoms with Crippen LogP contribution in [0, 0.1) is 35.5 Å². The number of carbonyl (C=O) groups is 5. The van der Waals surface area contributed by atoms with E-state index in [0.717, 1.165) is 12.0 Å². The fourth-order valence-corrected chi connectivity index (χ4v) is 11.4. The summed E-state index contributed by atoms with van der Waals surface area (Å²) in [5, 5.41) is 23.5. The Kier molecular flexibility index (Phi) is 22.5. The Bertz CT molecular complexity index is 1940. The number of aliphatic hydroxyl groups is 2. The van der Waals surface area contributed by atoms with Crippen LogP contribution in [0.25, 0.3) is 0 Å². The van der Waals surface area contributed by atoms with Crippen molar-refractivity contribution in [3.8, 4) is 0 Å². The number of ether oxygens (including phenoxy) is 5. The minimum absolute atomic E-state index is 0.0117. The highest BCUT2D eigenvalue weighted by Crippen LogP contribution is 2.45. The number of ketones is 3. The Morgan fingerprint density at radius 3 is 2.22 bits per heavy atom. The highest BCUT2D eigenvalue weighted by atomic mass is 31.2. The maximum absolute atomic E-state index is 14.5. The second-order valence-corrected chi connectivity index (χ2v) is 23.6. The van der Waals surface area contributed by atoms with E-state index in [1.807, 2.05) is 58.1 Å². The van der Waals surface area contributed by atoms with Crippen LogP contribution >= 0.6 is 7.37 Å². The summed E-state index contributed by atoms with van der Waals surface area (Å²) in [7, 11) is 1.76. The number of fused-ring (bicyclic) bond motifs is 3. The quantitative estimate of drug-likeness (QED) is 0.104. The molecule has 390 valence electrons. The smallest absolute Gasteiger partial charge is 0.329 e. The van der Waals surface area contributed by atoms with Crippen LogP contribution < -0.4 is 0 Å². The Hall–Kier alpha value is -3.14. The third-order valence-electron chi connectivity index (χ3n) is 14.8. The van der Waals surface area contributed by atoms with Gasteiger partial charge in [0.05, 0.1) is 24.4 Å². The Labute approximate surface area is 411 Å². The number of carbonyl (C=O) groups excluding carboxylic acids is 5. The van der Waals surface area contributed by atoms with Gasteiger partial charge in [-0.2, -0.15) is 0 Å². The van der Waals surface area contributed by atoms with Crippen LogP contribution in [0.2, 0.25) is 0 Å². The highest BCUT2D eigenvalue weighted by Gasteiger charge is 2.53. The van der Waals surface area contributed by atoms with Crippen LogP contribution in [0.15, 0.2) is 47.6 Å². The Morgan fingerprint density at radius 2 is 1.57 bits per heavy atom. The minimum Gasteiger partial charge on any atom is -0.460 e. The summed E-state index contributed by atoms with van der Waals surface area (Å²) < 4.78 is 48.2. The molecule has 15 nitrogen and oxygen atoms in total. The predicted octanol–water partition coefficient (Wildman–Crippen LogP) is 7.74. The Balaban J connectivity index is 1.70. The van der Waals surface area contributed by atoms with Crippen molar-refractivity contribution < 1.29 is 67.0 Å². The predicted molar refractivity (Wildman–Crippen MR) is 263 cm³/mol. The maximum atomic E-state index is 14.5. The fourth-order valence-electron chi connectivity index (χ4n) is 10.5. The van der Waals surface area contributed by atoms with Crippen LogP contribution in [0.4, 0.5) is 0 Å². The topological polar surface area (TPSA) is 201 Å². The third-order valence-corrected chi connectivity index (χ3v) is 15.6. The van der Waals surface area contributed by atoms with Gasteiger partial charge < -0.3 is 43.3 Å². The molecular formula is C53H84NO14P. The third kappa shape index (κ3) is 16.2. The molecule has 15 atom stereocenters. The summed E-state index contributed by atoms with van der Waals surface area (Å²) in [5.74, 6) is -8.11. The van der Waals surface area contributed by atoms with Crippen molar-refractivity contribution in [3.63, 3.8) is 0 Å². The van der Waals surface area contributed by atoms with E-state index < -0.39 is 85.1 Å². The molecule has 3 aliphatic heterocycles. The van der Waals surface area contributed by atoms with Gasteiger partial charge in [-0.05, 0) is 107 Å². The molecule has 4 rings (SSSR count). The molecule has 1 amide bonds. The summed E-state index contributed by atoms with van der Waals surface area (Å²) in [6, 6.07) is -1.16. The summed E-state index contributed by atoms with van der Waals surface area (Å²) in [4.78, 5) is 72.2. The van der Waals surface area contributed by atoms with Crippen LogP contribution in [0.3, 0.4) is 0 Å². The summed E-state index contributed by atoms with van der Waals surface area (Å²) in [6.07, 6.45) is 11.4. The number of esters is 1. The number of nitrogens with zero attached hydrogens (tertiary/aromatic N) is 1.